The van der Waals surface area contributed by atoms with Crippen LogP contribution in [-0.4, -0.2) is 5.33 Å². The maximum absolute atomic E-state index is 13.7. The van der Waals surface area contributed by atoms with Gasteiger partial charge in [0.2, 0.25) is 0 Å². The summed E-state index contributed by atoms with van der Waals surface area (Å²) in [5, 5.41) is 2.81. The number of thiophene rings is 1. The molecule has 1 aromatic heterocycles. The zero-order chi connectivity index (χ0) is 12.3. The molecule has 1 atom stereocenters. The fourth-order valence-electron chi connectivity index (χ4n) is 1.75. The molecule has 2 rings (SSSR count). The molecule has 0 aliphatic carbocycles. The van der Waals surface area contributed by atoms with Gasteiger partial charge in [-0.15, -0.1) is 11.3 Å². The lowest BCUT2D eigenvalue weighted by molar-refractivity contribution is 0.591. The molecule has 1 unspecified atom stereocenters. The van der Waals surface area contributed by atoms with Crippen LogP contribution < -0.4 is 0 Å². The van der Waals surface area contributed by atoms with E-state index in [-0.39, 0.29) is 11.7 Å². The maximum atomic E-state index is 13.7. The second-order valence-corrected chi connectivity index (χ2v) is 6.27. The Morgan fingerprint density at radius 3 is 2.59 bits per heavy atom. The van der Waals surface area contributed by atoms with Gasteiger partial charge in [0.25, 0.3) is 0 Å². The van der Waals surface area contributed by atoms with Crippen molar-refractivity contribution in [2.75, 3.05) is 5.33 Å². The van der Waals surface area contributed by atoms with E-state index in [1.165, 1.54) is 10.9 Å². The molecular weight excluding hydrogens is 367 g/mol. The second-order valence-electron chi connectivity index (χ2n) is 3.77. The van der Waals surface area contributed by atoms with E-state index >= 15 is 0 Å². The van der Waals surface area contributed by atoms with Crippen molar-refractivity contribution in [2.24, 2.45) is 0 Å². The summed E-state index contributed by atoms with van der Waals surface area (Å²) in [6, 6.07) is 9.03. The Morgan fingerprint density at radius 2 is 2.00 bits per heavy atom. The lowest BCUT2D eigenvalue weighted by atomic mass is 9.96. The Bertz CT molecular complexity index is 496. The van der Waals surface area contributed by atoms with Gasteiger partial charge in [0.05, 0.1) is 0 Å². The molecule has 2 aromatic rings. The highest BCUT2D eigenvalue weighted by molar-refractivity contribution is 9.10. The van der Waals surface area contributed by atoms with Crippen LogP contribution in [0.2, 0.25) is 0 Å². The normalized spacial score (nSPS) is 12.6. The highest BCUT2D eigenvalue weighted by Gasteiger charge is 2.16. The second kappa shape index (κ2) is 6.12. The van der Waals surface area contributed by atoms with Crippen LogP contribution in [0.25, 0.3) is 0 Å². The monoisotopic (exact) mass is 376 g/mol. The molecule has 1 heterocycles. The third-order valence-electron chi connectivity index (χ3n) is 2.65. The summed E-state index contributed by atoms with van der Waals surface area (Å²) in [6.07, 6.45) is 0.852. The Kier molecular flexibility index (Phi) is 4.77. The van der Waals surface area contributed by atoms with E-state index in [0.29, 0.717) is 0 Å². The van der Waals surface area contributed by atoms with E-state index in [1.807, 2.05) is 23.6 Å². The molecule has 0 saturated carbocycles. The fraction of sp³-hybridized carbons (Fsp3) is 0.231. The molecule has 0 N–H and O–H groups in total. The van der Waals surface area contributed by atoms with Crippen LogP contribution in [0, 0.1) is 5.82 Å². The summed E-state index contributed by atoms with van der Waals surface area (Å²) in [6.45, 7) is 0. The number of alkyl halides is 1. The first-order valence-corrected chi connectivity index (χ1v) is 8.04. The van der Waals surface area contributed by atoms with Crippen LogP contribution in [0.5, 0.6) is 0 Å². The van der Waals surface area contributed by atoms with Gasteiger partial charge >= 0.3 is 0 Å². The van der Waals surface area contributed by atoms with Crippen LogP contribution in [0.15, 0.2) is 40.2 Å². The van der Waals surface area contributed by atoms with E-state index < -0.39 is 0 Å². The molecule has 90 valence electrons. The third-order valence-corrected chi connectivity index (χ3v) is 5.38. The van der Waals surface area contributed by atoms with Crippen molar-refractivity contribution >= 4 is 43.2 Å². The first-order valence-electron chi connectivity index (χ1n) is 5.24. The predicted octanol–water partition coefficient (Wildman–Crippen LogP) is 5.37. The highest BCUT2D eigenvalue weighted by Crippen LogP contribution is 2.31. The topological polar surface area (TPSA) is 0 Å². The van der Waals surface area contributed by atoms with Gasteiger partial charge in [-0.1, -0.05) is 34.1 Å². The Hall–Kier alpha value is -0.190. The van der Waals surface area contributed by atoms with E-state index in [9.17, 15) is 4.39 Å². The summed E-state index contributed by atoms with van der Waals surface area (Å²) in [4.78, 5) is 1.26. The smallest absolute Gasteiger partial charge is 0.126 e. The van der Waals surface area contributed by atoms with Gasteiger partial charge in [-0.25, -0.2) is 4.39 Å². The van der Waals surface area contributed by atoms with Crippen molar-refractivity contribution in [3.8, 4) is 0 Å². The van der Waals surface area contributed by atoms with Crippen LogP contribution in [0.4, 0.5) is 4.39 Å². The fourth-order valence-corrected chi connectivity index (χ4v) is 3.92. The number of benzene rings is 1. The molecule has 1 aromatic carbocycles. The molecule has 0 amide bonds. The van der Waals surface area contributed by atoms with Crippen molar-refractivity contribution in [3.05, 3.63) is 56.4 Å². The molecule has 0 aliphatic rings. The molecule has 0 fully saturated rings. The Labute approximate surface area is 121 Å². The van der Waals surface area contributed by atoms with Gasteiger partial charge in [0, 0.05) is 20.6 Å². The zero-order valence-electron chi connectivity index (χ0n) is 9.00. The summed E-state index contributed by atoms with van der Waals surface area (Å²) < 4.78 is 14.8. The maximum Gasteiger partial charge on any atom is 0.126 e. The first-order chi connectivity index (χ1) is 8.22. The lowest BCUT2D eigenvalue weighted by Gasteiger charge is -2.14. The van der Waals surface area contributed by atoms with E-state index in [2.05, 4.69) is 31.9 Å². The number of halogens is 3. The van der Waals surface area contributed by atoms with Crippen molar-refractivity contribution in [3.63, 3.8) is 0 Å². The van der Waals surface area contributed by atoms with Crippen molar-refractivity contribution < 1.29 is 4.39 Å². The van der Waals surface area contributed by atoms with E-state index in [4.69, 9.17) is 0 Å². The van der Waals surface area contributed by atoms with Crippen molar-refractivity contribution in [1.29, 1.82) is 0 Å². The lowest BCUT2D eigenvalue weighted by Crippen LogP contribution is -2.06. The molecule has 17 heavy (non-hydrogen) atoms. The quantitative estimate of drug-likeness (QED) is 0.628. The molecule has 0 saturated heterocycles. The average molecular weight is 378 g/mol. The largest absolute Gasteiger partial charge is 0.207 e. The van der Waals surface area contributed by atoms with Gasteiger partial charge in [0.1, 0.15) is 5.82 Å². The highest BCUT2D eigenvalue weighted by atomic mass is 79.9. The first kappa shape index (κ1) is 13.2. The van der Waals surface area contributed by atoms with Gasteiger partial charge in [-0.05, 0) is 45.4 Å². The zero-order valence-corrected chi connectivity index (χ0v) is 13.0. The third kappa shape index (κ3) is 3.18. The summed E-state index contributed by atoms with van der Waals surface area (Å²) in [5.41, 5.74) is 0.782. The Balaban J connectivity index is 2.23. The van der Waals surface area contributed by atoms with Crippen LogP contribution in [0.3, 0.4) is 0 Å². The van der Waals surface area contributed by atoms with Gasteiger partial charge < -0.3 is 0 Å². The predicted molar refractivity (Wildman–Crippen MR) is 78.7 cm³/mol. The minimum Gasteiger partial charge on any atom is -0.207 e. The standard InChI is InChI=1S/C13H11Br2FS/c14-8-9(7-13-11(15)5-6-17-13)10-3-1-2-4-12(10)16/h1-6,9H,7-8H2. The number of rotatable bonds is 4. The van der Waals surface area contributed by atoms with E-state index in [0.717, 1.165) is 21.8 Å². The number of hydrogen-bond acceptors (Lipinski definition) is 1. The minimum atomic E-state index is -0.121. The summed E-state index contributed by atoms with van der Waals surface area (Å²) in [7, 11) is 0. The van der Waals surface area contributed by atoms with E-state index in [1.54, 1.807) is 17.4 Å². The molecular formula is C13H11Br2FS. The van der Waals surface area contributed by atoms with Gasteiger partial charge in [0.15, 0.2) is 0 Å². The average Bonchev–Trinajstić information content (AvgIpc) is 2.73. The SMILES string of the molecule is Fc1ccccc1C(CBr)Cc1sccc1Br. The molecule has 0 aliphatic heterocycles. The summed E-state index contributed by atoms with van der Waals surface area (Å²) in [5.74, 6) is 0.0516. The van der Waals surface area contributed by atoms with Gasteiger partial charge in [-0.3, -0.25) is 0 Å². The number of hydrogen-bond donors (Lipinski definition) is 0. The van der Waals surface area contributed by atoms with Crippen molar-refractivity contribution in [2.45, 2.75) is 12.3 Å². The molecule has 0 radical (unpaired) electrons. The van der Waals surface area contributed by atoms with Crippen LogP contribution >= 0.6 is 43.2 Å². The van der Waals surface area contributed by atoms with Crippen LogP contribution in [-0.2, 0) is 6.42 Å². The van der Waals surface area contributed by atoms with Crippen molar-refractivity contribution in [1.82, 2.24) is 0 Å². The molecule has 0 bridgehead atoms. The molecule has 0 nitrogen and oxygen atoms in total. The Morgan fingerprint density at radius 1 is 1.24 bits per heavy atom. The summed E-state index contributed by atoms with van der Waals surface area (Å²) >= 11 is 8.70. The minimum absolute atomic E-state index is 0.121. The molecule has 0 spiro atoms. The molecule has 4 heteroatoms. The van der Waals surface area contributed by atoms with Gasteiger partial charge in [-0.2, -0.15) is 0 Å². The van der Waals surface area contributed by atoms with Crippen LogP contribution in [0.1, 0.15) is 16.4 Å².